The predicted molar refractivity (Wildman–Crippen MR) is 386 cm³/mol. The van der Waals surface area contributed by atoms with Crippen LogP contribution in [-0.2, 0) is 65.4 Å². The fraction of sp³-hybridized carbons (Fsp3) is 0.947. The Labute approximate surface area is 581 Å². The maximum Gasteiger partial charge on any atom is 0.472 e. The van der Waals surface area contributed by atoms with Gasteiger partial charge in [-0.1, -0.05) is 349 Å². The molecule has 0 aromatic carbocycles. The summed E-state index contributed by atoms with van der Waals surface area (Å²) in [6, 6.07) is 0. The molecule has 3 N–H and O–H groups in total. The molecular formula is C76H148O17P2. The smallest absolute Gasteiger partial charge is 0.462 e. The molecule has 0 heterocycles. The van der Waals surface area contributed by atoms with Gasteiger partial charge in [-0.25, -0.2) is 9.13 Å². The first-order chi connectivity index (χ1) is 46.1. The lowest BCUT2D eigenvalue weighted by Gasteiger charge is -2.21. The summed E-state index contributed by atoms with van der Waals surface area (Å²) in [5.41, 5.74) is 0. The number of aliphatic hydroxyl groups is 1. The van der Waals surface area contributed by atoms with Crippen molar-refractivity contribution in [3.8, 4) is 0 Å². The van der Waals surface area contributed by atoms with Crippen molar-refractivity contribution in [3.05, 3.63) is 0 Å². The van der Waals surface area contributed by atoms with Crippen LogP contribution in [0, 0.1) is 5.92 Å². The summed E-state index contributed by atoms with van der Waals surface area (Å²) in [5, 5.41) is 10.6. The molecular weight excluding hydrogens is 1250 g/mol. The first-order valence-electron chi connectivity index (χ1n) is 39.7. The molecule has 0 saturated heterocycles. The van der Waals surface area contributed by atoms with Crippen LogP contribution in [0.5, 0.6) is 0 Å². The van der Waals surface area contributed by atoms with E-state index in [0.29, 0.717) is 25.7 Å². The van der Waals surface area contributed by atoms with Gasteiger partial charge in [0.1, 0.15) is 19.3 Å². The molecule has 0 aliphatic rings. The number of carbonyl (C=O) groups is 4. The Kier molecular flexibility index (Phi) is 67.7. The molecule has 17 nitrogen and oxygen atoms in total. The minimum absolute atomic E-state index is 0.106. The van der Waals surface area contributed by atoms with Gasteiger partial charge in [0.2, 0.25) is 0 Å². The maximum absolute atomic E-state index is 13.1. The van der Waals surface area contributed by atoms with Crippen LogP contribution in [0.4, 0.5) is 0 Å². The topological polar surface area (TPSA) is 237 Å². The molecule has 0 saturated carbocycles. The first-order valence-corrected chi connectivity index (χ1v) is 42.7. The molecule has 0 bridgehead atoms. The highest BCUT2D eigenvalue weighted by atomic mass is 31.2. The van der Waals surface area contributed by atoms with Crippen LogP contribution in [0.1, 0.15) is 401 Å². The van der Waals surface area contributed by atoms with E-state index in [9.17, 15) is 43.2 Å². The van der Waals surface area contributed by atoms with Gasteiger partial charge < -0.3 is 33.8 Å². The van der Waals surface area contributed by atoms with E-state index in [4.69, 9.17) is 37.0 Å². The molecule has 0 aliphatic heterocycles. The SMILES string of the molecule is CCCCCCCCCCCCCCCCCCCCCCCCC(=O)O[C@H](COC(=O)CCCCCCCCCCCCCC)COP(=O)(O)OC[C@@H](O)COP(=O)(O)OC[C@@H](COC(=O)CCCCCCCCC(C)CC)OC(=O)CCCCCCCCCCCCC. The number of aliphatic hydroxyl groups excluding tert-OH is 1. The zero-order valence-corrected chi connectivity index (χ0v) is 63.6. The normalized spacial score (nSPS) is 14.2. The summed E-state index contributed by atoms with van der Waals surface area (Å²) < 4.78 is 68.5. The number of phosphoric ester groups is 2. The first kappa shape index (κ1) is 93.1. The molecule has 95 heavy (non-hydrogen) atoms. The average molecular weight is 1400 g/mol. The van der Waals surface area contributed by atoms with Gasteiger partial charge in [0.25, 0.3) is 0 Å². The molecule has 19 heteroatoms. The molecule has 0 aromatic heterocycles. The fourth-order valence-electron chi connectivity index (χ4n) is 11.7. The number of phosphoric acid groups is 2. The fourth-order valence-corrected chi connectivity index (χ4v) is 13.3. The van der Waals surface area contributed by atoms with Gasteiger partial charge in [0.05, 0.1) is 26.4 Å². The van der Waals surface area contributed by atoms with Gasteiger partial charge >= 0.3 is 39.5 Å². The molecule has 0 aliphatic carbocycles. The van der Waals surface area contributed by atoms with Crippen molar-refractivity contribution < 1.29 is 80.2 Å². The Morgan fingerprint density at radius 2 is 0.505 bits per heavy atom. The van der Waals surface area contributed by atoms with Crippen LogP contribution in [0.3, 0.4) is 0 Å². The zero-order chi connectivity index (χ0) is 69.8. The summed E-state index contributed by atoms with van der Waals surface area (Å²) in [7, 11) is -9.91. The minimum Gasteiger partial charge on any atom is -0.462 e. The number of hydrogen-bond donors (Lipinski definition) is 3. The molecule has 564 valence electrons. The molecule has 3 unspecified atom stereocenters. The lowest BCUT2D eigenvalue weighted by atomic mass is 10.00. The Bertz CT molecular complexity index is 1820. The van der Waals surface area contributed by atoms with Gasteiger partial charge in [-0.15, -0.1) is 0 Å². The van der Waals surface area contributed by atoms with Crippen molar-refractivity contribution in [2.45, 2.75) is 419 Å². The van der Waals surface area contributed by atoms with Crippen molar-refractivity contribution in [3.63, 3.8) is 0 Å². The lowest BCUT2D eigenvalue weighted by molar-refractivity contribution is -0.161. The highest BCUT2D eigenvalue weighted by Crippen LogP contribution is 2.45. The molecule has 0 rings (SSSR count). The largest absolute Gasteiger partial charge is 0.472 e. The van der Waals surface area contributed by atoms with Gasteiger partial charge in [-0.05, 0) is 31.6 Å². The second-order valence-corrected chi connectivity index (χ2v) is 30.5. The summed E-state index contributed by atoms with van der Waals surface area (Å²) in [5.74, 6) is -1.38. The number of unbranched alkanes of at least 4 members (excludes halogenated alkanes) is 47. The van der Waals surface area contributed by atoms with E-state index in [1.54, 1.807) is 0 Å². The second kappa shape index (κ2) is 69.2. The van der Waals surface area contributed by atoms with E-state index in [0.717, 1.165) is 102 Å². The molecule has 0 spiro atoms. The van der Waals surface area contributed by atoms with Crippen LogP contribution in [-0.4, -0.2) is 96.7 Å². The Morgan fingerprint density at radius 1 is 0.295 bits per heavy atom. The standard InChI is InChI=1S/C76H148O17P2/c1-6-10-13-16-19-22-25-27-28-29-30-31-32-33-34-35-36-39-42-45-52-57-62-76(81)92-71(65-86-73(78)59-54-49-43-40-38-26-23-20-17-14-11-7-2)67-90-94(82,83)88-63-70(77)64-89-95(84,85)91-68-72(66-87-74(79)60-55-50-47-46-48-53-58-69(5)9-4)93-75(80)61-56-51-44-41-37-24-21-18-15-12-8-3/h69-72,77H,6-68H2,1-5H3,(H,82,83)(H,84,85)/t69?,70-,71-,72-/m1/s1. The van der Waals surface area contributed by atoms with Gasteiger partial charge in [0.15, 0.2) is 12.2 Å². The van der Waals surface area contributed by atoms with Crippen LogP contribution in [0.2, 0.25) is 0 Å². The number of esters is 4. The van der Waals surface area contributed by atoms with Crippen LogP contribution in [0.15, 0.2) is 0 Å². The third-order valence-corrected chi connectivity index (χ3v) is 20.0. The van der Waals surface area contributed by atoms with Crippen molar-refractivity contribution in [1.82, 2.24) is 0 Å². The van der Waals surface area contributed by atoms with E-state index in [1.807, 2.05) is 0 Å². The lowest BCUT2D eigenvalue weighted by Crippen LogP contribution is -2.30. The van der Waals surface area contributed by atoms with E-state index < -0.39 is 97.5 Å². The van der Waals surface area contributed by atoms with Crippen molar-refractivity contribution in [2.24, 2.45) is 5.92 Å². The Hall–Kier alpha value is -1.94. The predicted octanol–water partition coefficient (Wildman–Crippen LogP) is 22.5. The van der Waals surface area contributed by atoms with Crippen LogP contribution < -0.4 is 0 Å². The summed E-state index contributed by atoms with van der Waals surface area (Å²) in [4.78, 5) is 72.7. The number of rotatable bonds is 76. The van der Waals surface area contributed by atoms with E-state index in [-0.39, 0.29) is 25.7 Å². The highest BCUT2D eigenvalue weighted by Gasteiger charge is 2.30. The number of hydrogen-bond acceptors (Lipinski definition) is 15. The van der Waals surface area contributed by atoms with Crippen molar-refractivity contribution in [2.75, 3.05) is 39.6 Å². The van der Waals surface area contributed by atoms with Gasteiger partial charge in [0, 0.05) is 25.7 Å². The minimum atomic E-state index is -4.96. The Balaban J connectivity index is 5.17. The Morgan fingerprint density at radius 3 is 0.747 bits per heavy atom. The molecule has 0 fully saturated rings. The molecule has 0 aromatic rings. The van der Waals surface area contributed by atoms with Crippen molar-refractivity contribution >= 4 is 39.5 Å². The summed E-state index contributed by atoms with van der Waals surface area (Å²) >= 11 is 0. The third kappa shape index (κ3) is 69.0. The number of ether oxygens (including phenoxy) is 4. The molecule has 6 atom stereocenters. The van der Waals surface area contributed by atoms with Crippen LogP contribution in [0.25, 0.3) is 0 Å². The van der Waals surface area contributed by atoms with E-state index in [1.165, 1.54) is 218 Å². The average Bonchev–Trinajstić information content (AvgIpc) is 1.93. The quantitative estimate of drug-likeness (QED) is 0.0222. The number of carbonyl (C=O) groups excluding carboxylic acids is 4. The third-order valence-electron chi connectivity index (χ3n) is 18.1. The zero-order valence-electron chi connectivity index (χ0n) is 61.8. The summed E-state index contributed by atoms with van der Waals surface area (Å²) in [6.45, 7) is 7.24. The molecule has 0 radical (unpaired) electrons. The maximum atomic E-state index is 13.1. The monoisotopic (exact) mass is 1400 g/mol. The van der Waals surface area contributed by atoms with Gasteiger partial charge in [-0.2, -0.15) is 0 Å². The van der Waals surface area contributed by atoms with Gasteiger partial charge in [-0.3, -0.25) is 37.3 Å². The highest BCUT2D eigenvalue weighted by molar-refractivity contribution is 7.47. The summed E-state index contributed by atoms with van der Waals surface area (Å²) in [6.07, 6.45) is 58.4. The van der Waals surface area contributed by atoms with E-state index >= 15 is 0 Å². The van der Waals surface area contributed by atoms with E-state index in [2.05, 4.69) is 34.6 Å². The second-order valence-electron chi connectivity index (χ2n) is 27.6. The van der Waals surface area contributed by atoms with Crippen LogP contribution >= 0.6 is 15.6 Å². The van der Waals surface area contributed by atoms with Crippen molar-refractivity contribution in [1.29, 1.82) is 0 Å². The molecule has 0 amide bonds.